The topological polar surface area (TPSA) is 48.5 Å². The first kappa shape index (κ1) is 35.4. The molecule has 1 aliphatic carbocycles. The van der Waals surface area contributed by atoms with Gasteiger partial charge in [0.15, 0.2) is 11.6 Å². The Morgan fingerprint density at radius 1 is 0.317 bits per heavy atom. The molecule has 0 amide bonds. The first-order valence-electron chi connectivity index (χ1n) is 21.5. The first-order valence-corrected chi connectivity index (χ1v) is 21.5. The van der Waals surface area contributed by atoms with Crippen LogP contribution in [0.5, 0.6) is 0 Å². The van der Waals surface area contributed by atoms with E-state index < -0.39 is 5.41 Å². The third-order valence-corrected chi connectivity index (χ3v) is 13.0. The van der Waals surface area contributed by atoms with E-state index in [2.05, 4.69) is 215 Å². The van der Waals surface area contributed by atoms with Crippen LogP contribution in [0.1, 0.15) is 22.3 Å². The predicted molar refractivity (Wildman–Crippen MR) is 257 cm³/mol. The summed E-state index contributed by atoms with van der Waals surface area (Å²) in [6.07, 6.45) is 0. The summed E-state index contributed by atoms with van der Waals surface area (Å²) in [5.41, 5.74) is 14.3. The van der Waals surface area contributed by atoms with Crippen LogP contribution in [0.2, 0.25) is 0 Å². The number of hydrogen-bond donors (Lipinski definition) is 0. The molecule has 0 atom stereocenters. The molecule has 1 aliphatic rings. The third-order valence-electron chi connectivity index (χ3n) is 13.0. The zero-order valence-electron chi connectivity index (χ0n) is 34.1. The third kappa shape index (κ3) is 5.20. The fraction of sp³-hybridized carbons (Fsp3) is 0.0172. The Morgan fingerprint density at radius 2 is 0.825 bits per heavy atom. The maximum absolute atomic E-state index is 5.31. The van der Waals surface area contributed by atoms with Crippen LogP contribution >= 0.6 is 0 Å². The van der Waals surface area contributed by atoms with E-state index in [-0.39, 0.29) is 0 Å². The Morgan fingerprint density at radius 3 is 1.48 bits per heavy atom. The van der Waals surface area contributed by atoms with Crippen molar-refractivity contribution in [2.75, 3.05) is 0 Å². The molecule has 5 nitrogen and oxygen atoms in total. The lowest BCUT2D eigenvalue weighted by molar-refractivity contribution is 0.769. The average Bonchev–Trinajstić information content (AvgIpc) is 3.98. The van der Waals surface area contributed by atoms with E-state index in [1.54, 1.807) is 0 Å². The Kier molecular flexibility index (Phi) is 7.75. The van der Waals surface area contributed by atoms with E-state index in [0.717, 1.165) is 49.7 Å². The highest BCUT2D eigenvalue weighted by Crippen LogP contribution is 2.57. The smallest absolute Gasteiger partial charge is 0.238 e. The van der Waals surface area contributed by atoms with Crippen molar-refractivity contribution >= 4 is 43.6 Å². The summed E-state index contributed by atoms with van der Waals surface area (Å²) in [4.78, 5) is 15.7. The van der Waals surface area contributed by atoms with Gasteiger partial charge in [0.1, 0.15) is 0 Å². The van der Waals surface area contributed by atoms with Gasteiger partial charge in [0.05, 0.1) is 27.5 Å². The maximum Gasteiger partial charge on any atom is 0.238 e. The van der Waals surface area contributed by atoms with Crippen molar-refractivity contribution in [3.05, 3.63) is 247 Å². The van der Waals surface area contributed by atoms with E-state index in [0.29, 0.717) is 17.6 Å². The van der Waals surface area contributed by atoms with Gasteiger partial charge in [0, 0.05) is 38.4 Å². The quantitative estimate of drug-likeness (QED) is 0.168. The number of fused-ring (bicyclic) bond motifs is 9. The number of para-hydroxylation sites is 3. The van der Waals surface area contributed by atoms with Gasteiger partial charge in [-0.05, 0) is 75.8 Å². The van der Waals surface area contributed by atoms with Crippen LogP contribution in [0, 0.1) is 0 Å². The van der Waals surface area contributed by atoms with E-state index in [1.165, 1.54) is 44.2 Å². The number of hydrogen-bond acceptors (Lipinski definition) is 3. The summed E-state index contributed by atoms with van der Waals surface area (Å²) in [5, 5.41) is 4.72. The molecule has 3 heterocycles. The molecule has 0 saturated carbocycles. The van der Waals surface area contributed by atoms with E-state index in [1.807, 2.05) is 18.2 Å². The molecule has 12 aromatic rings. The van der Waals surface area contributed by atoms with Gasteiger partial charge in [-0.2, -0.15) is 9.97 Å². The lowest BCUT2D eigenvalue weighted by Crippen LogP contribution is -2.28. The highest BCUT2D eigenvalue weighted by atomic mass is 15.2. The summed E-state index contributed by atoms with van der Waals surface area (Å²) in [6.45, 7) is 0. The molecule has 63 heavy (non-hydrogen) atoms. The molecule has 0 radical (unpaired) electrons. The zero-order chi connectivity index (χ0) is 41.5. The van der Waals surface area contributed by atoms with Crippen LogP contribution in [-0.2, 0) is 5.41 Å². The van der Waals surface area contributed by atoms with Crippen molar-refractivity contribution in [1.82, 2.24) is 24.1 Å². The van der Waals surface area contributed by atoms with Gasteiger partial charge in [-0.25, -0.2) is 4.98 Å². The molecule has 3 aromatic heterocycles. The fourth-order valence-electron chi connectivity index (χ4n) is 10.4. The molecule has 0 aliphatic heterocycles. The molecule has 0 saturated heterocycles. The highest BCUT2D eigenvalue weighted by Gasteiger charge is 2.46. The van der Waals surface area contributed by atoms with Crippen LogP contribution in [0.15, 0.2) is 224 Å². The standard InChI is InChI=1S/C58H37N5/c1-4-19-38(20-5-1)55-59-56(61-57(60-55)63-52-33-16-11-28-44(52)45-29-12-17-34-53(45)63)39-21-18-26-42(35-39)62-51-32-15-13-30-46(51)48-36-47-43-27-10-14-31-49(43)58(50(47)37-54(48)62,40-22-6-2-7-23-40)41-24-8-3-9-25-41/h1-37H. The fourth-order valence-corrected chi connectivity index (χ4v) is 10.4. The molecule has 0 spiro atoms. The predicted octanol–water partition coefficient (Wildman–Crippen LogP) is 13.8. The summed E-state index contributed by atoms with van der Waals surface area (Å²) < 4.78 is 4.59. The van der Waals surface area contributed by atoms with Crippen LogP contribution < -0.4 is 0 Å². The van der Waals surface area contributed by atoms with Gasteiger partial charge in [-0.1, -0.05) is 182 Å². The summed E-state index contributed by atoms with van der Waals surface area (Å²) >= 11 is 0. The van der Waals surface area contributed by atoms with Crippen LogP contribution in [0.4, 0.5) is 0 Å². The van der Waals surface area contributed by atoms with Crippen molar-refractivity contribution < 1.29 is 0 Å². The molecule has 0 fully saturated rings. The highest BCUT2D eigenvalue weighted by molar-refractivity contribution is 6.12. The van der Waals surface area contributed by atoms with Crippen molar-refractivity contribution in [2.24, 2.45) is 0 Å². The normalized spacial score (nSPS) is 12.9. The second-order valence-electron chi connectivity index (χ2n) is 16.4. The zero-order valence-corrected chi connectivity index (χ0v) is 34.1. The molecule has 0 N–H and O–H groups in total. The number of aromatic nitrogens is 5. The second kappa shape index (κ2) is 13.8. The maximum atomic E-state index is 5.31. The van der Waals surface area contributed by atoms with Crippen molar-refractivity contribution in [3.8, 4) is 45.5 Å². The summed E-state index contributed by atoms with van der Waals surface area (Å²) in [6, 6.07) is 80.5. The van der Waals surface area contributed by atoms with E-state index >= 15 is 0 Å². The minimum Gasteiger partial charge on any atom is -0.309 e. The number of benzene rings is 9. The summed E-state index contributed by atoms with van der Waals surface area (Å²) in [5.74, 6) is 1.80. The second-order valence-corrected chi connectivity index (χ2v) is 16.4. The molecular formula is C58H37N5. The minimum atomic E-state index is -0.520. The molecule has 0 unspecified atom stereocenters. The van der Waals surface area contributed by atoms with Gasteiger partial charge in [0.2, 0.25) is 5.95 Å². The van der Waals surface area contributed by atoms with Gasteiger partial charge >= 0.3 is 0 Å². The lowest BCUT2D eigenvalue weighted by atomic mass is 9.67. The Bertz CT molecular complexity index is 3640. The molecule has 9 aromatic carbocycles. The molecule has 13 rings (SSSR count). The molecule has 0 bridgehead atoms. The van der Waals surface area contributed by atoms with Crippen molar-refractivity contribution in [2.45, 2.75) is 5.41 Å². The Labute approximate surface area is 363 Å². The Hall–Kier alpha value is -8.41. The molecule has 5 heteroatoms. The molecule has 294 valence electrons. The van der Waals surface area contributed by atoms with E-state index in [9.17, 15) is 0 Å². The lowest BCUT2D eigenvalue weighted by Gasteiger charge is -2.34. The van der Waals surface area contributed by atoms with Crippen molar-refractivity contribution in [1.29, 1.82) is 0 Å². The molecular weight excluding hydrogens is 767 g/mol. The van der Waals surface area contributed by atoms with Gasteiger partial charge < -0.3 is 4.57 Å². The van der Waals surface area contributed by atoms with Gasteiger partial charge in [-0.3, -0.25) is 4.57 Å². The van der Waals surface area contributed by atoms with Crippen molar-refractivity contribution in [3.63, 3.8) is 0 Å². The average molecular weight is 804 g/mol. The van der Waals surface area contributed by atoms with Crippen LogP contribution in [0.3, 0.4) is 0 Å². The Balaban J connectivity index is 1.06. The first-order chi connectivity index (χ1) is 31.3. The minimum absolute atomic E-state index is 0.520. The van der Waals surface area contributed by atoms with Gasteiger partial charge in [-0.15, -0.1) is 0 Å². The van der Waals surface area contributed by atoms with Crippen LogP contribution in [0.25, 0.3) is 89.2 Å². The number of rotatable bonds is 6. The monoisotopic (exact) mass is 803 g/mol. The van der Waals surface area contributed by atoms with Crippen LogP contribution in [-0.4, -0.2) is 24.1 Å². The van der Waals surface area contributed by atoms with E-state index in [4.69, 9.17) is 15.0 Å². The van der Waals surface area contributed by atoms with Gasteiger partial charge in [0.25, 0.3) is 0 Å². The summed E-state index contributed by atoms with van der Waals surface area (Å²) in [7, 11) is 0. The SMILES string of the molecule is c1ccc(-c2nc(-c3cccc(-n4c5ccccc5c5cc6c(cc54)C(c4ccccc4)(c4ccccc4)c4ccccc4-6)c3)nc(-n3c4ccccc4c4ccccc43)n2)cc1. The largest absolute Gasteiger partial charge is 0.309 e. The number of nitrogens with zero attached hydrogens (tertiary/aromatic N) is 5.